The van der Waals surface area contributed by atoms with Gasteiger partial charge in [0.15, 0.2) is 5.78 Å². The van der Waals surface area contributed by atoms with Gasteiger partial charge >= 0.3 is 0 Å². The molecular weight excluding hydrogens is 314 g/mol. The van der Waals surface area contributed by atoms with Gasteiger partial charge in [0.25, 0.3) is 0 Å². The van der Waals surface area contributed by atoms with E-state index in [0.29, 0.717) is 11.4 Å². The lowest BCUT2D eigenvalue weighted by Gasteiger charge is -2.06. The number of anilines is 2. The van der Waals surface area contributed by atoms with Crippen molar-refractivity contribution < 1.29 is 4.79 Å². The first kappa shape index (κ1) is 15.1. The normalized spacial score (nSPS) is 11.0. The van der Waals surface area contributed by atoms with Crippen molar-refractivity contribution >= 4 is 28.2 Å². The second-order valence-electron chi connectivity index (χ2n) is 5.99. The van der Waals surface area contributed by atoms with Gasteiger partial charge in [0.2, 0.25) is 0 Å². The van der Waals surface area contributed by atoms with E-state index in [1.165, 1.54) is 0 Å². The van der Waals surface area contributed by atoms with Crippen molar-refractivity contribution in [3.63, 3.8) is 0 Å². The number of nitrogens with one attached hydrogen (secondary N) is 2. The number of hydrogen-bond acceptors (Lipinski definition) is 4. The lowest BCUT2D eigenvalue weighted by Crippen LogP contribution is -1.96. The molecule has 0 aliphatic rings. The van der Waals surface area contributed by atoms with Crippen LogP contribution in [-0.4, -0.2) is 25.3 Å². The van der Waals surface area contributed by atoms with Crippen molar-refractivity contribution in [2.45, 2.75) is 6.92 Å². The van der Waals surface area contributed by atoms with Gasteiger partial charge < -0.3 is 14.9 Å². The molecule has 1 aromatic carbocycles. The predicted octanol–water partition coefficient (Wildman–Crippen LogP) is 3.91. The highest BCUT2D eigenvalue weighted by atomic mass is 16.1. The Kier molecular flexibility index (Phi) is 3.57. The molecule has 25 heavy (non-hydrogen) atoms. The van der Waals surface area contributed by atoms with Crippen LogP contribution in [0.25, 0.3) is 22.3 Å². The van der Waals surface area contributed by atoms with E-state index < -0.39 is 0 Å². The van der Waals surface area contributed by atoms with E-state index in [1.807, 2.05) is 48.3 Å². The zero-order valence-electron chi connectivity index (χ0n) is 13.9. The number of hydrogen-bond donors (Lipinski definition) is 2. The minimum absolute atomic E-state index is 0.0391. The zero-order valence-corrected chi connectivity index (χ0v) is 13.9. The number of aromatic amines is 1. The molecule has 0 atom stereocenters. The molecule has 0 unspecified atom stereocenters. The van der Waals surface area contributed by atoms with Crippen LogP contribution in [0.2, 0.25) is 0 Å². The first-order valence-electron chi connectivity index (χ1n) is 7.93. The van der Waals surface area contributed by atoms with Gasteiger partial charge in [-0.1, -0.05) is 12.1 Å². The lowest BCUT2D eigenvalue weighted by atomic mass is 10.1. The number of Topliss-reactive ketones (excluding diaryl/α,β-unsaturated/α-hetero) is 1. The Morgan fingerprint density at radius 1 is 1.20 bits per heavy atom. The molecule has 0 amide bonds. The van der Waals surface area contributed by atoms with E-state index in [1.54, 1.807) is 19.3 Å². The van der Waals surface area contributed by atoms with Gasteiger partial charge in [0, 0.05) is 35.9 Å². The van der Waals surface area contributed by atoms with E-state index in [2.05, 4.69) is 26.3 Å². The van der Waals surface area contributed by atoms with Crippen LogP contribution in [0.5, 0.6) is 0 Å². The number of pyridine rings is 1. The summed E-state index contributed by atoms with van der Waals surface area (Å²) in [4.78, 5) is 23.5. The third-order valence-electron chi connectivity index (χ3n) is 4.14. The number of fused-ring (bicyclic) bond motifs is 1. The van der Waals surface area contributed by atoms with Crippen LogP contribution < -0.4 is 5.32 Å². The maximum Gasteiger partial charge on any atom is 0.159 e. The number of nitrogens with zero attached hydrogens (tertiary/aromatic N) is 3. The smallest absolute Gasteiger partial charge is 0.159 e. The van der Waals surface area contributed by atoms with Gasteiger partial charge in [-0.25, -0.2) is 9.97 Å². The second kappa shape index (κ2) is 5.90. The van der Waals surface area contributed by atoms with Crippen LogP contribution in [0, 0.1) is 0 Å². The molecule has 3 heterocycles. The average Bonchev–Trinajstić information content (AvgIpc) is 3.20. The molecule has 0 fully saturated rings. The molecule has 0 spiro atoms. The SMILES string of the molecule is CC(=O)c1cccc(Nc2cc3[nH]c(-c4cncn4C)cc3cn2)c1. The van der Waals surface area contributed by atoms with Gasteiger partial charge in [-0.2, -0.15) is 0 Å². The zero-order chi connectivity index (χ0) is 17.4. The number of aromatic nitrogens is 4. The van der Waals surface area contributed by atoms with Crippen molar-refractivity contribution in [1.29, 1.82) is 0 Å². The highest BCUT2D eigenvalue weighted by Gasteiger charge is 2.08. The molecule has 0 bridgehead atoms. The molecular formula is C19H17N5O. The number of benzene rings is 1. The maximum absolute atomic E-state index is 11.5. The molecule has 0 aliphatic carbocycles. The topological polar surface area (TPSA) is 75.6 Å². The van der Waals surface area contributed by atoms with Gasteiger partial charge in [0.1, 0.15) is 5.82 Å². The molecule has 3 aromatic heterocycles. The molecule has 4 rings (SSSR count). The fraction of sp³-hybridized carbons (Fsp3) is 0.105. The largest absolute Gasteiger partial charge is 0.353 e. The van der Waals surface area contributed by atoms with E-state index in [9.17, 15) is 4.79 Å². The Morgan fingerprint density at radius 3 is 2.84 bits per heavy atom. The second-order valence-corrected chi connectivity index (χ2v) is 5.99. The molecule has 0 saturated heterocycles. The van der Waals surface area contributed by atoms with Crippen LogP contribution in [0.3, 0.4) is 0 Å². The summed E-state index contributed by atoms with van der Waals surface area (Å²) >= 11 is 0. The van der Waals surface area contributed by atoms with Crippen LogP contribution in [-0.2, 0) is 7.05 Å². The Balaban J connectivity index is 1.66. The third kappa shape index (κ3) is 2.89. The minimum atomic E-state index is 0.0391. The van der Waals surface area contributed by atoms with Crippen LogP contribution >= 0.6 is 0 Å². The van der Waals surface area contributed by atoms with Gasteiger partial charge in [-0.15, -0.1) is 0 Å². The van der Waals surface area contributed by atoms with Crippen molar-refractivity contribution in [2.75, 3.05) is 5.32 Å². The number of carbonyl (C=O) groups excluding carboxylic acids is 1. The summed E-state index contributed by atoms with van der Waals surface area (Å²) in [6, 6.07) is 11.4. The number of aryl methyl sites for hydroxylation is 1. The highest BCUT2D eigenvalue weighted by Crippen LogP contribution is 2.25. The van der Waals surface area contributed by atoms with Crippen LogP contribution in [0.4, 0.5) is 11.5 Å². The predicted molar refractivity (Wildman–Crippen MR) is 98.0 cm³/mol. The number of H-pyrrole nitrogens is 1. The molecule has 6 nitrogen and oxygen atoms in total. The monoisotopic (exact) mass is 331 g/mol. The van der Waals surface area contributed by atoms with Gasteiger partial charge in [-0.05, 0) is 25.1 Å². The molecule has 6 heteroatoms. The standard InChI is InChI=1S/C19H17N5O/c1-12(25)13-4-3-5-15(6-13)22-19-8-16-14(9-21-19)7-17(23-16)18-10-20-11-24(18)2/h3-11,23H,1-2H3,(H,21,22). The Labute approximate surface area is 144 Å². The summed E-state index contributed by atoms with van der Waals surface area (Å²) in [7, 11) is 1.96. The number of carbonyl (C=O) groups is 1. The third-order valence-corrected chi connectivity index (χ3v) is 4.14. The molecule has 2 N–H and O–H groups in total. The van der Waals surface area contributed by atoms with Crippen molar-refractivity contribution in [2.24, 2.45) is 7.05 Å². The quantitative estimate of drug-likeness (QED) is 0.556. The Hall–Kier alpha value is -3.41. The van der Waals surface area contributed by atoms with E-state index in [-0.39, 0.29) is 5.78 Å². The maximum atomic E-state index is 11.5. The summed E-state index contributed by atoms with van der Waals surface area (Å²) in [6.07, 6.45) is 5.42. The number of rotatable bonds is 4. The summed E-state index contributed by atoms with van der Waals surface area (Å²) in [5.74, 6) is 0.754. The molecule has 124 valence electrons. The van der Waals surface area contributed by atoms with Crippen molar-refractivity contribution in [3.8, 4) is 11.4 Å². The van der Waals surface area contributed by atoms with E-state index in [0.717, 1.165) is 28.0 Å². The summed E-state index contributed by atoms with van der Waals surface area (Å²) in [5.41, 5.74) is 4.49. The van der Waals surface area contributed by atoms with E-state index >= 15 is 0 Å². The summed E-state index contributed by atoms with van der Waals surface area (Å²) < 4.78 is 1.96. The van der Waals surface area contributed by atoms with Crippen molar-refractivity contribution in [3.05, 3.63) is 60.7 Å². The fourth-order valence-electron chi connectivity index (χ4n) is 2.81. The summed E-state index contributed by atoms with van der Waals surface area (Å²) in [5, 5.41) is 4.27. The molecule has 0 saturated carbocycles. The van der Waals surface area contributed by atoms with Crippen LogP contribution in [0.15, 0.2) is 55.1 Å². The van der Waals surface area contributed by atoms with Crippen LogP contribution in [0.1, 0.15) is 17.3 Å². The molecule has 0 radical (unpaired) electrons. The average molecular weight is 331 g/mol. The highest BCUT2D eigenvalue weighted by molar-refractivity contribution is 5.95. The lowest BCUT2D eigenvalue weighted by molar-refractivity contribution is 0.101. The Morgan fingerprint density at radius 2 is 2.08 bits per heavy atom. The molecule has 4 aromatic rings. The number of ketones is 1. The van der Waals surface area contributed by atoms with Gasteiger partial charge in [0.05, 0.1) is 29.4 Å². The fourth-order valence-corrected chi connectivity index (χ4v) is 2.81. The molecule has 0 aliphatic heterocycles. The van der Waals surface area contributed by atoms with Crippen molar-refractivity contribution in [1.82, 2.24) is 19.5 Å². The Bertz CT molecular complexity index is 1080. The minimum Gasteiger partial charge on any atom is -0.353 e. The number of imidazole rings is 1. The van der Waals surface area contributed by atoms with E-state index in [4.69, 9.17) is 0 Å². The first-order chi connectivity index (χ1) is 12.1. The first-order valence-corrected chi connectivity index (χ1v) is 7.93. The summed E-state index contributed by atoms with van der Waals surface area (Å²) in [6.45, 7) is 1.56. The van der Waals surface area contributed by atoms with Gasteiger partial charge in [-0.3, -0.25) is 4.79 Å².